The minimum Gasteiger partial charge on any atom is -0.258 e. The molecule has 2 rings (SSSR count). The van der Waals surface area contributed by atoms with Gasteiger partial charge in [-0.25, -0.2) is 9.97 Å². The number of halogens is 2. The standard InChI is InChI=1S/C10H5Cl2N3O2/c11-8-5-13-10(12)14-9(8)6-1-3-7(4-2-6)15(16)17/h1-5H. The topological polar surface area (TPSA) is 68.9 Å². The van der Waals surface area contributed by atoms with E-state index in [-0.39, 0.29) is 11.0 Å². The molecular formula is C10H5Cl2N3O2. The van der Waals surface area contributed by atoms with Crippen LogP contribution in [-0.2, 0) is 0 Å². The summed E-state index contributed by atoms with van der Waals surface area (Å²) in [4.78, 5) is 17.7. The van der Waals surface area contributed by atoms with E-state index < -0.39 is 4.92 Å². The molecule has 7 heteroatoms. The van der Waals surface area contributed by atoms with Crippen LogP contribution in [0.2, 0.25) is 10.3 Å². The Balaban J connectivity index is 2.46. The van der Waals surface area contributed by atoms with Gasteiger partial charge in [0.1, 0.15) is 0 Å². The van der Waals surface area contributed by atoms with Crippen molar-refractivity contribution >= 4 is 28.9 Å². The highest BCUT2D eigenvalue weighted by atomic mass is 35.5. The van der Waals surface area contributed by atoms with Gasteiger partial charge in [-0.1, -0.05) is 11.6 Å². The van der Waals surface area contributed by atoms with Crippen LogP contribution in [0.4, 0.5) is 5.69 Å². The molecule has 0 spiro atoms. The van der Waals surface area contributed by atoms with Gasteiger partial charge in [-0.2, -0.15) is 0 Å². The van der Waals surface area contributed by atoms with Crippen LogP contribution in [0, 0.1) is 10.1 Å². The molecule has 1 heterocycles. The Morgan fingerprint density at radius 1 is 1.18 bits per heavy atom. The summed E-state index contributed by atoms with van der Waals surface area (Å²) in [7, 11) is 0. The largest absolute Gasteiger partial charge is 0.269 e. The van der Waals surface area contributed by atoms with Gasteiger partial charge in [0.15, 0.2) is 0 Å². The van der Waals surface area contributed by atoms with Gasteiger partial charge >= 0.3 is 0 Å². The fourth-order valence-corrected chi connectivity index (χ4v) is 1.62. The van der Waals surface area contributed by atoms with Crippen molar-refractivity contribution in [2.24, 2.45) is 0 Å². The second-order valence-corrected chi connectivity index (χ2v) is 3.88. The zero-order chi connectivity index (χ0) is 12.4. The summed E-state index contributed by atoms with van der Waals surface area (Å²) >= 11 is 11.6. The molecule has 0 unspecified atom stereocenters. The predicted octanol–water partition coefficient (Wildman–Crippen LogP) is 3.36. The lowest BCUT2D eigenvalue weighted by Gasteiger charge is -2.02. The third-order valence-electron chi connectivity index (χ3n) is 2.07. The minimum atomic E-state index is -0.474. The molecule has 0 bridgehead atoms. The first-order valence-electron chi connectivity index (χ1n) is 4.51. The van der Waals surface area contributed by atoms with Crippen LogP contribution < -0.4 is 0 Å². The third-order valence-corrected chi connectivity index (χ3v) is 2.52. The van der Waals surface area contributed by atoms with Crippen LogP contribution in [0.25, 0.3) is 11.3 Å². The molecule has 1 aromatic heterocycles. The Labute approximate surface area is 106 Å². The molecule has 0 atom stereocenters. The highest BCUT2D eigenvalue weighted by molar-refractivity contribution is 6.33. The van der Waals surface area contributed by atoms with Crippen LogP contribution in [0.15, 0.2) is 30.5 Å². The molecule has 0 aliphatic heterocycles. The Kier molecular flexibility index (Phi) is 3.21. The summed E-state index contributed by atoms with van der Waals surface area (Å²) in [6.07, 6.45) is 1.38. The van der Waals surface area contributed by atoms with Crippen molar-refractivity contribution in [3.8, 4) is 11.3 Å². The van der Waals surface area contributed by atoms with Gasteiger partial charge in [0.25, 0.3) is 5.69 Å². The van der Waals surface area contributed by atoms with Crippen molar-refractivity contribution in [3.63, 3.8) is 0 Å². The fourth-order valence-electron chi connectivity index (χ4n) is 1.29. The van der Waals surface area contributed by atoms with Crippen LogP contribution in [0.1, 0.15) is 0 Å². The van der Waals surface area contributed by atoms with Gasteiger partial charge in [-0.3, -0.25) is 10.1 Å². The molecule has 0 N–H and O–H groups in total. The summed E-state index contributed by atoms with van der Waals surface area (Å²) in [6.45, 7) is 0. The van der Waals surface area contributed by atoms with Crippen LogP contribution >= 0.6 is 23.2 Å². The molecule has 0 saturated heterocycles. The highest BCUT2D eigenvalue weighted by Gasteiger charge is 2.09. The fraction of sp³-hybridized carbons (Fsp3) is 0. The summed E-state index contributed by atoms with van der Waals surface area (Å²) in [6, 6.07) is 5.87. The number of benzene rings is 1. The molecule has 0 radical (unpaired) electrons. The maximum Gasteiger partial charge on any atom is 0.269 e. The number of nitrogens with zero attached hydrogens (tertiary/aromatic N) is 3. The van der Waals surface area contributed by atoms with Gasteiger partial charge in [0.05, 0.1) is 21.8 Å². The van der Waals surface area contributed by atoms with Crippen molar-refractivity contribution in [1.29, 1.82) is 0 Å². The van der Waals surface area contributed by atoms with Crippen molar-refractivity contribution in [2.75, 3.05) is 0 Å². The highest BCUT2D eigenvalue weighted by Crippen LogP contribution is 2.27. The van der Waals surface area contributed by atoms with Crippen LogP contribution in [-0.4, -0.2) is 14.9 Å². The molecule has 17 heavy (non-hydrogen) atoms. The van der Waals surface area contributed by atoms with Crippen molar-refractivity contribution in [3.05, 3.63) is 50.9 Å². The van der Waals surface area contributed by atoms with Crippen molar-refractivity contribution < 1.29 is 4.92 Å². The van der Waals surface area contributed by atoms with Gasteiger partial charge in [0, 0.05) is 17.7 Å². The predicted molar refractivity (Wildman–Crippen MR) is 64.1 cm³/mol. The summed E-state index contributed by atoms with van der Waals surface area (Å²) < 4.78 is 0. The van der Waals surface area contributed by atoms with Crippen molar-refractivity contribution in [1.82, 2.24) is 9.97 Å². The molecule has 0 saturated carbocycles. The summed E-state index contributed by atoms with van der Waals surface area (Å²) in [5.41, 5.74) is 1.09. The van der Waals surface area contributed by atoms with Gasteiger partial charge in [0.2, 0.25) is 5.28 Å². The van der Waals surface area contributed by atoms with Gasteiger partial charge < -0.3 is 0 Å². The third kappa shape index (κ3) is 2.51. The summed E-state index contributed by atoms with van der Waals surface area (Å²) in [5.74, 6) is 0. The van der Waals surface area contributed by atoms with Crippen LogP contribution in [0.5, 0.6) is 0 Å². The monoisotopic (exact) mass is 269 g/mol. The number of rotatable bonds is 2. The zero-order valence-electron chi connectivity index (χ0n) is 8.30. The zero-order valence-corrected chi connectivity index (χ0v) is 9.81. The normalized spacial score (nSPS) is 10.2. The van der Waals surface area contributed by atoms with E-state index in [2.05, 4.69) is 9.97 Å². The van der Waals surface area contributed by atoms with E-state index in [1.807, 2.05) is 0 Å². The molecule has 5 nitrogen and oxygen atoms in total. The van der Waals surface area contributed by atoms with Gasteiger partial charge in [-0.15, -0.1) is 0 Å². The van der Waals surface area contributed by atoms with Crippen molar-refractivity contribution in [2.45, 2.75) is 0 Å². The van der Waals surface area contributed by atoms with E-state index >= 15 is 0 Å². The lowest BCUT2D eigenvalue weighted by molar-refractivity contribution is -0.384. The molecule has 2 aromatic rings. The van der Waals surface area contributed by atoms with E-state index in [9.17, 15) is 10.1 Å². The quantitative estimate of drug-likeness (QED) is 0.476. The number of nitro benzene ring substituents is 1. The van der Waals surface area contributed by atoms with Gasteiger partial charge in [-0.05, 0) is 23.7 Å². The summed E-state index contributed by atoms with van der Waals surface area (Å²) in [5, 5.41) is 10.9. The molecule has 0 amide bonds. The average molecular weight is 270 g/mol. The van der Waals surface area contributed by atoms with Crippen LogP contribution in [0.3, 0.4) is 0 Å². The first-order chi connectivity index (χ1) is 8.08. The first-order valence-corrected chi connectivity index (χ1v) is 5.26. The van der Waals surface area contributed by atoms with E-state index in [0.717, 1.165) is 0 Å². The Bertz CT molecular complexity index is 572. The molecular weight excluding hydrogens is 265 g/mol. The molecule has 1 aromatic carbocycles. The lowest BCUT2D eigenvalue weighted by Crippen LogP contribution is -1.90. The maximum atomic E-state index is 10.5. The Morgan fingerprint density at radius 2 is 1.82 bits per heavy atom. The second-order valence-electron chi connectivity index (χ2n) is 3.14. The molecule has 0 aliphatic rings. The number of hydrogen-bond acceptors (Lipinski definition) is 4. The van der Waals surface area contributed by atoms with E-state index in [0.29, 0.717) is 16.3 Å². The van der Waals surface area contributed by atoms with E-state index in [4.69, 9.17) is 23.2 Å². The number of nitro groups is 1. The Hall–Kier alpha value is -1.72. The van der Waals surface area contributed by atoms with E-state index in [1.54, 1.807) is 12.1 Å². The van der Waals surface area contributed by atoms with E-state index in [1.165, 1.54) is 18.3 Å². The lowest BCUT2D eigenvalue weighted by atomic mass is 10.1. The SMILES string of the molecule is O=[N+]([O-])c1ccc(-c2nc(Cl)ncc2Cl)cc1. The average Bonchev–Trinajstić information content (AvgIpc) is 2.32. The molecule has 0 fully saturated rings. The number of aromatic nitrogens is 2. The first kappa shape index (κ1) is 11.8. The number of hydrogen-bond donors (Lipinski definition) is 0. The minimum absolute atomic E-state index is 0.00465. The smallest absolute Gasteiger partial charge is 0.258 e. The number of non-ortho nitro benzene ring substituents is 1. The molecule has 0 aliphatic carbocycles. The Morgan fingerprint density at radius 3 is 2.41 bits per heavy atom. The second kappa shape index (κ2) is 4.65. The maximum absolute atomic E-state index is 10.5. The molecule has 86 valence electrons.